The molecule has 0 aromatic heterocycles. The summed E-state index contributed by atoms with van der Waals surface area (Å²) in [6.45, 7) is 1.92. The van der Waals surface area contributed by atoms with Gasteiger partial charge in [-0.15, -0.1) is 0 Å². The van der Waals surface area contributed by atoms with Gasteiger partial charge in [0, 0.05) is 12.2 Å². The van der Waals surface area contributed by atoms with E-state index in [9.17, 15) is 4.79 Å². The molecule has 1 aromatic rings. The van der Waals surface area contributed by atoms with E-state index in [1.807, 2.05) is 24.3 Å². The van der Waals surface area contributed by atoms with Crippen LogP contribution >= 0.6 is 0 Å². The first-order valence-corrected chi connectivity index (χ1v) is 6.49. The van der Waals surface area contributed by atoms with E-state index in [0.717, 1.165) is 37.0 Å². The fourth-order valence-electron chi connectivity index (χ4n) is 2.48. The molecule has 0 aliphatic carbocycles. The van der Waals surface area contributed by atoms with Crippen molar-refractivity contribution in [1.82, 2.24) is 5.06 Å². The summed E-state index contributed by atoms with van der Waals surface area (Å²) in [5.74, 6) is -0.0325. The number of fused-ring (bicyclic) bond motifs is 1. The summed E-state index contributed by atoms with van der Waals surface area (Å²) in [4.78, 5) is 17.8. The van der Waals surface area contributed by atoms with E-state index in [-0.39, 0.29) is 12.0 Å². The van der Waals surface area contributed by atoms with Crippen LogP contribution in [0.4, 0.5) is 0 Å². The summed E-state index contributed by atoms with van der Waals surface area (Å²) in [5.41, 5.74) is 1.87. The maximum Gasteiger partial charge on any atom is 0.277 e. The number of carbonyl (C=O) groups is 1. The fourth-order valence-corrected chi connectivity index (χ4v) is 2.48. The second-order valence-electron chi connectivity index (χ2n) is 4.75. The smallest absolute Gasteiger partial charge is 0.277 e. The topological polar surface area (TPSA) is 38.8 Å². The molecule has 2 heterocycles. The van der Waals surface area contributed by atoms with E-state index in [4.69, 9.17) is 9.57 Å². The molecule has 1 atom stereocenters. The molecule has 0 spiro atoms. The third-order valence-corrected chi connectivity index (χ3v) is 3.50. The molecule has 1 aromatic carbocycles. The number of rotatable bonds is 3. The normalized spacial score (nSPS) is 23.2. The van der Waals surface area contributed by atoms with Crippen molar-refractivity contribution in [3.63, 3.8) is 0 Å². The van der Waals surface area contributed by atoms with Crippen LogP contribution in [0.3, 0.4) is 0 Å². The van der Waals surface area contributed by atoms with Gasteiger partial charge in [0.25, 0.3) is 5.91 Å². The van der Waals surface area contributed by atoms with Gasteiger partial charge in [0.05, 0.1) is 12.6 Å². The Kier molecular flexibility index (Phi) is 3.30. The zero-order valence-corrected chi connectivity index (χ0v) is 10.3. The number of hydrogen-bond acceptors (Lipinski definition) is 3. The molecule has 0 saturated carbocycles. The monoisotopic (exact) mass is 247 g/mol. The lowest BCUT2D eigenvalue weighted by Gasteiger charge is -2.28. The molecule has 0 N–H and O–H groups in total. The van der Waals surface area contributed by atoms with Crippen LogP contribution in [0.25, 0.3) is 0 Å². The number of hydroxylamine groups is 2. The summed E-state index contributed by atoms with van der Waals surface area (Å²) >= 11 is 0. The van der Waals surface area contributed by atoms with Gasteiger partial charge in [0.15, 0.2) is 0 Å². The molecule has 0 bridgehead atoms. The number of nitrogens with zero attached hydrogens (tertiary/aromatic N) is 1. The standard InChI is InChI=1S/C14H17NO3/c16-14-13-6-2-1-4-11(13)7-8-15(14)18-10-12-5-3-9-17-12/h1-2,4,6,12H,3,5,7-10H2/t12-/m1/s1. The quantitative estimate of drug-likeness (QED) is 0.817. The maximum absolute atomic E-state index is 12.2. The Morgan fingerprint density at radius 1 is 1.39 bits per heavy atom. The average molecular weight is 247 g/mol. The molecule has 0 unspecified atom stereocenters. The van der Waals surface area contributed by atoms with Crippen molar-refractivity contribution < 1.29 is 14.4 Å². The predicted octanol–water partition coefficient (Wildman–Crippen LogP) is 1.80. The van der Waals surface area contributed by atoms with Gasteiger partial charge in [0.2, 0.25) is 0 Å². The summed E-state index contributed by atoms with van der Waals surface area (Å²) in [6, 6.07) is 7.72. The predicted molar refractivity (Wildman–Crippen MR) is 66.1 cm³/mol. The van der Waals surface area contributed by atoms with Crippen molar-refractivity contribution in [2.24, 2.45) is 0 Å². The second-order valence-corrected chi connectivity index (χ2v) is 4.75. The minimum absolute atomic E-state index is 0.0325. The first-order chi connectivity index (χ1) is 8.84. The van der Waals surface area contributed by atoms with Gasteiger partial charge < -0.3 is 4.74 Å². The Hall–Kier alpha value is -1.39. The van der Waals surface area contributed by atoms with Gasteiger partial charge in [-0.25, -0.2) is 5.06 Å². The van der Waals surface area contributed by atoms with E-state index in [1.54, 1.807) is 0 Å². The Morgan fingerprint density at radius 2 is 2.28 bits per heavy atom. The van der Waals surface area contributed by atoms with Gasteiger partial charge in [-0.2, -0.15) is 0 Å². The van der Waals surface area contributed by atoms with Gasteiger partial charge in [-0.05, 0) is 30.9 Å². The van der Waals surface area contributed by atoms with Gasteiger partial charge in [0.1, 0.15) is 6.61 Å². The Bertz CT molecular complexity index is 440. The van der Waals surface area contributed by atoms with Crippen molar-refractivity contribution in [2.45, 2.75) is 25.4 Å². The SMILES string of the molecule is O=C1c2ccccc2CCN1OC[C@H]1CCCO1. The van der Waals surface area contributed by atoms with Crippen molar-refractivity contribution in [3.8, 4) is 0 Å². The first-order valence-electron chi connectivity index (χ1n) is 6.49. The highest BCUT2D eigenvalue weighted by atomic mass is 16.7. The summed E-state index contributed by atoms with van der Waals surface area (Å²) < 4.78 is 5.49. The number of hydrogen-bond donors (Lipinski definition) is 0. The van der Waals surface area contributed by atoms with Crippen molar-refractivity contribution in [1.29, 1.82) is 0 Å². The lowest BCUT2D eigenvalue weighted by atomic mass is 10.0. The van der Waals surface area contributed by atoms with E-state index in [1.165, 1.54) is 5.06 Å². The molecular weight excluding hydrogens is 230 g/mol. The third-order valence-electron chi connectivity index (χ3n) is 3.50. The maximum atomic E-state index is 12.2. The van der Waals surface area contributed by atoms with Gasteiger partial charge in [-0.3, -0.25) is 9.63 Å². The van der Waals surface area contributed by atoms with Crippen LogP contribution in [-0.4, -0.2) is 36.8 Å². The summed E-state index contributed by atoms with van der Waals surface area (Å²) in [7, 11) is 0. The lowest BCUT2D eigenvalue weighted by Crippen LogP contribution is -2.39. The molecule has 96 valence electrons. The van der Waals surface area contributed by atoms with E-state index in [0.29, 0.717) is 13.2 Å². The Balaban J connectivity index is 1.63. The van der Waals surface area contributed by atoms with Crippen LogP contribution in [0.1, 0.15) is 28.8 Å². The molecule has 1 amide bonds. The molecule has 4 nitrogen and oxygen atoms in total. The first kappa shape index (κ1) is 11.7. The number of ether oxygens (including phenoxy) is 1. The highest BCUT2D eigenvalue weighted by Gasteiger charge is 2.26. The number of amides is 1. The summed E-state index contributed by atoms with van der Waals surface area (Å²) in [5, 5.41) is 1.48. The van der Waals surface area contributed by atoms with Crippen LogP contribution in [0.15, 0.2) is 24.3 Å². The molecule has 1 saturated heterocycles. The third kappa shape index (κ3) is 2.26. The zero-order chi connectivity index (χ0) is 12.4. The molecule has 4 heteroatoms. The van der Waals surface area contributed by atoms with E-state index < -0.39 is 0 Å². The second kappa shape index (κ2) is 5.08. The highest BCUT2D eigenvalue weighted by Crippen LogP contribution is 2.20. The van der Waals surface area contributed by atoms with E-state index in [2.05, 4.69) is 0 Å². The number of carbonyl (C=O) groups excluding carboxylic acids is 1. The Labute approximate surface area is 106 Å². The van der Waals surface area contributed by atoms with Gasteiger partial charge in [-0.1, -0.05) is 18.2 Å². The van der Waals surface area contributed by atoms with Crippen LogP contribution in [0, 0.1) is 0 Å². The molecule has 0 radical (unpaired) electrons. The van der Waals surface area contributed by atoms with Crippen LogP contribution in [0.5, 0.6) is 0 Å². The fraction of sp³-hybridized carbons (Fsp3) is 0.500. The van der Waals surface area contributed by atoms with Crippen LogP contribution in [0.2, 0.25) is 0 Å². The van der Waals surface area contributed by atoms with Gasteiger partial charge >= 0.3 is 0 Å². The molecule has 18 heavy (non-hydrogen) atoms. The van der Waals surface area contributed by atoms with Crippen LogP contribution in [-0.2, 0) is 16.0 Å². The molecular formula is C14H17NO3. The minimum atomic E-state index is -0.0325. The minimum Gasteiger partial charge on any atom is -0.376 e. The average Bonchev–Trinajstić information content (AvgIpc) is 2.91. The lowest BCUT2D eigenvalue weighted by molar-refractivity contribution is -0.148. The zero-order valence-electron chi connectivity index (χ0n) is 10.3. The molecule has 1 fully saturated rings. The largest absolute Gasteiger partial charge is 0.376 e. The van der Waals surface area contributed by atoms with Crippen LogP contribution < -0.4 is 0 Å². The van der Waals surface area contributed by atoms with E-state index >= 15 is 0 Å². The molecule has 2 aliphatic heterocycles. The van der Waals surface area contributed by atoms with Crippen molar-refractivity contribution in [3.05, 3.63) is 35.4 Å². The van der Waals surface area contributed by atoms with Crippen molar-refractivity contribution >= 4 is 5.91 Å². The summed E-state index contributed by atoms with van der Waals surface area (Å²) in [6.07, 6.45) is 3.12. The highest BCUT2D eigenvalue weighted by molar-refractivity contribution is 5.96. The van der Waals surface area contributed by atoms with Crippen molar-refractivity contribution in [2.75, 3.05) is 19.8 Å². The molecule has 3 rings (SSSR count). The number of benzene rings is 1. The molecule has 2 aliphatic rings. The Morgan fingerprint density at radius 3 is 3.11 bits per heavy atom.